The summed E-state index contributed by atoms with van der Waals surface area (Å²) in [5.41, 5.74) is 0.913. The number of amidine groups is 1. The molecule has 0 aromatic carbocycles. The molecule has 0 bridgehead atoms. The molecule has 3 aliphatic heterocycles. The van der Waals surface area contributed by atoms with Crippen molar-refractivity contribution in [3.05, 3.63) is 12.2 Å². The molecule has 0 N–H and O–H groups in total. The Balaban J connectivity index is 1.94. The van der Waals surface area contributed by atoms with Crippen LogP contribution in [0.2, 0.25) is 0 Å². The summed E-state index contributed by atoms with van der Waals surface area (Å²) in [5, 5.41) is 6.34. The van der Waals surface area contributed by atoms with Crippen LogP contribution >= 0.6 is 0 Å². The molecular weight excluding hydrogens is 332 g/mol. The average Bonchev–Trinajstić information content (AvgIpc) is 2.97. The van der Waals surface area contributed by atoms with Crippen LogP contribution in [0.25, 0.3) is 0 Å². The van der Waals surface area contributed by atoms with E-state index in [-0.39, 0.29) is 11.9 Å². The fourth-order valence-corrected chi connectivity index (χ4v) is 3.32. The number of imide groups is 1. The monoisotopic (exact) mass is 359 g/mol. The Bertz CT molecular complexity index is 749. The van der Waals surface area contributed by atoms with Gasteiger partial charge in [0.2, 0.25) is 11.9 Å². The minimum Gasteiger partial charge on any atom is -0.270 e. The number of likely N-dealkylation sites (N-methyl/N-ethyl adjacent to an activating group) is 1. The third-order valence-corrected chi connectivity index (χ3v) is 4.75. The Kier molecular flexibility index (Phi) is 4.93. The number of amides is 3. The van der Waals surface area contributed by atoms with Gasteiger partial charge in [-0.15, -0.1) is 10.1 Å². The summed E-state index contributed by atoms with van der Waals surface area (Å²) >= 11 is 0. The van der Waals surface area contributed by atoms with Crippen LogP contribution in [0.15, 0.2) is 22.2 Å². The summed E-state index contributed by atoms with van der Waals surface area (Å²) in [6.07, 6.45) is 4.73. The second-order valence-corrected chi connectivity index (χ2v) is 7.30. The molecule has 3 rings (SSSR count). The molecule has 3 amide bonds. The van der Waals surface area contributed by atoms with Crippen LogP contribution in [0.4, 0.5) is 4.79 Å². The zero-order valence-corrected chi connectivity index (χ0v) is 16.1. The van der Waals surface area contributed by atoms with E-state index < -0.39 is 6.04 Å². The number of hydrazone groups is 1. The minimum absolute atomic E-state index is 0.191. The first kappa shape index (κ1) is 18.3. The molecule has 140 valence electrons. The van der Waals surface area contributed by atoms with Crippen LogP contribution in [-0.4, -0.2) is 81.6 Å². The predicted octanol–water partition coefficient (Wildman–Crippen LogP) is 1.34. The highest BCUT2D eigenvalue weighted by Crippen LogP contribution is 2.23. The number of carbonyl (C=O) groups is 2. The van der Waals surface area contributed by atoms with E-state index in [9.17, 15) is 9.59 Å². The van der Waals surface area contributed by atoms with Crippen molar-refractivity contribution in [1.82, 2.24) is 14.8 Å². The highest BCUT2D eigenvalue weighted by atomic mass is 16.2. The first-order valence-corrected chi connectivity index (χ1v) is 9.09. The third-order valence-electron chi connectivity index (χ3n) is 4.75. The number of fused-ring (bicyclic) bond motifs is 2. The number of hydrogen-bond acceptors (Lipinski definition) is 5. The van der Waals surface area contributed by atoms with E-state index in [1.165, 1.54) is 9.80 Å². The number of rotatable bonds is 5. The molecule has 8 heteroatoms. The Morgan fingerprint density at radius 3 is 2.73 bits per heavy atom. The normalized spacial score (nSPS) is 23.2. The summed E-state index contributed by atoms with van der Waals surface area (Å²) in [7, 11) is 1.69. The number of hydrogen-bond donors (Lipinski definition) is 0. The molecule has 26 heavy (non-hydrogen) atoms. The highest BCUT2D eigenvalue weighted by Gasteiger charge is 2.54. The molecule has 1 saturated heterocycles. The second kappa shape index (κ2) is 7.01. The summed E-state index contributed by atoms with van der Waals surface area (Å²) in [4.78, 5) is 33.3. The van der Waals surface area contributed by atoms with Crippen molar-refractivity contribution in [1.29, 1.82) is 0 Å². The van der Waals surface area contributed by atoms with Gasteiger partial charge < -0.3 is 0 Å². The van der Waals surface area contributed by atoms with Gasteiger partial charge in [-0.25, -0.2) is 9.37 Å². The molecule has 3 aliphatic rings. The van der Waals surface area contributed by atoms with Gasteiger partial charge in [0.1, 0.15) is 13.1 Å². The molecule has 0 saturated carbocycles. The molecule has 1 fully saturated rings. The van der Waals surface area contributed by atoms with Crippen molar-refractivity contribution in [2.75, 3.05) is 26.7 Å². The standard InChI is InChI=1S/C18H27N6O2/c1-6-7-9-24-17-19-15-14(23(17)11-13(4)20-24)16(25)22(10-8-12(2)3)18(26)21(15)5/h6-7,12,14H,8-11H2,1-5H3/q+1/b7-6+. The van der Waals surface area contributed by atoms with Gasteiger partial charge in [0.05, 0.1) is 5.71 Å². The van der Waals surface area contributed by atoms with E-state index in [4.69, 9.17) is 0 Å². The topological polar surface area (TPSA) is 71.6 Å². The number of urea groups is 1. The highest BCUT2D eigenvalue weighted by molar-refractivity contribution is 6.23. The largest absolute Gasteiger partial charge is 0.417 e. The molecule has 0 spiro atoms. The van der Waals surface area contributed by atoms with Gasteiger partial charge in [0.25, 0.3) is 5.91 Å². The average molecular weight is 359 g/mol. The summed E-state index contributed by atoms with van der Waals surface area (Å²) in [6, 6.07) is -0.859. The molecule has 0 radical (unpaired) electrons. The van der Waals surface area contributed by atoms with Crippen molar-refractivity contribution in [2.24, 2.45) is 16.0 Å². The van der Waals surface area contributed by atoms with Crippen molar-refractivity contribution < 1.29 is 14.2 Å². The van der Waals surface area contributed by atoms with E-state index in [1.807, 2.05) is 30.6 Å². The molecule has 0 aliphatic carbocycles. The van der Waals surface area contributed by atoms with Gasteiger partial charge in [0.15, 0.2) is 0 Å². The predicted molar refractivity (Wildman–Crippen MR) is 100 cm³/mol. The molecule has 1 atom stereocenters. The molecule has 1 unspecified atom stereocenters. The number of allylic oxidation sites excluding steroid dienone is 1. The zero-order valence-electron chi connectivity index (χ0n) is 16.1. The molecule has 0 aromatic heterocycles. The van der Waals surface area contributed by atoms with Crippen LogP contribution in [-0.2, 0) is 4.79 Å². The number of aliphatic imine (C=N–C) groups is 1. The van der Waals surface area contributed by atoms with E-state index in [1.54, 1.807) is 12.1 Å². The summed E-state index contributed by atoms with van der Waals surface area (Å²) in [6.45, 7) is 9.60. The van der Waals surface area contributed by atoms with Crippen LogP contribution < -0.4 is 0 Å². The van der Waals surface area contributed by atoms with Crippen LogP contribution in [0.5, 0.6) is 0 Å². The van der Waals surface area contributed by atoms with Crippen LogP contribution in [0, 0.1) is 5.92 Å². The van der Waals surface area contributed by atoms with E-state index in [0.29, 0.717) is 37.3 Å². The van der Waals surface area contributed by atoms with Gasteiger partial charge in [-0.3, -0.25) is 14.6 Å². The quantitative estimate of drug-likeness (QED) is 0.549. The van der Waals surface area contributed by atoms with Gasteiger partial charge >= 0.3 is 12.0 Å². The van der Waals surface area contributed by atoms with Crippen molar-refractivity contribution >= 4 is 29.4 Å². The van der Waals surface area contributed by atoms with E-state index in [0.717, 1.165) is 12.1 Å². The van der Waals surface area contributed by atoms with Crippen LogP contribution in [0.3, 0.4) is 0 Å². The fraction of sp³-hybridized carbons (Fsp3) is 0.611. The third kappa shape index (κ3) is 3.04. The number of carbonyl (C=O) groups excluding carboxylic acids is 2. The molecular formula is C18H27N6O2+. The maximum absolute atomic E-state index is 13.1. The lowest BCUT2D eigenvalue weighted by Crippen LogP contribution is -2.63. The smallest absolute Gasteiger partial charge is 0.270 e. The van der Waals surface area contributed by atoms with Crippen molar-refractivity contribution in [3.8, 4) is 0 Å². The maximum atomic E-state index is 13.1. The van der Waals surface area contributed by atoms with Crippen molar-refractivity contribution in [2.45, 2.75) is 40.2 Å². The lowest BCUT2D eigenvalue weighted by atomic mass is 10.1. The van der Waals surface area contributed by atoms with E-state index >= 15 is 0 Å². The molecule has 3 heterocycles. The van der Waals surface area contributed by atoms with Gasteiger partial charge in [0, 0.05) is 13.6 Å². The first-order valence-electron chi connectivity index (χ1n) is 9.09. The van der Waals surface area contributed by atoms with Gasteiger partial charge in [-0.1, -0.05) is 31.0 Å². The second-order valence-electron chi connectivity index (χ2n) is 7.30. The van der Waals surface area contributed by atoms with E-state index in [2.05, 4.69) is 23.9 Å². The summed E-state index contributed by atoms with van der Waals surface area (Å²) < 4.78 is 1.95. The van der Waals surface area contributed by atoms with Gasteiger partial charge in [-0.2, -0.15) is 0 Å². The molecule has 0 aromatic rings. The SMILES string of the molecule is C/C=C/CN1N=C(C)C[N+]2=C1N=C1C2C(=O)N(CCC(C)C)C(=O)N1C. The minimum atomic E-state index is -0.557. The van der Waals surface area contributed by atoms with Crippen LogP contribution in [0.1, 0.15) is 34.1 Å². The zero-order chi connectivity index (χ0) is 19.0. The Hall–Kier alpha value is -2.51. The first-order chi connectivity index (χ1) is 12.3. The van der Waals surface area contributed by atoms with Crippen molar-refractivity contribution in [3.63, 3.8) is 0 Å². The summed E-state index contributed by atoms with van der Waals surface area (Å²) in [5.74, 6) is 1.35. The van der Waals surface area contributed by atoms with Gasteiger partial charge in [-0.05, 0) is 26.2 Å². The Morgan fingerprint density at radius 2 is 2.08 bits per heavy atom. The Labute approximate surface area is 154 Å². The lowest BCUT2D eigenvalue weighted by Gasteiger charge is -2.34. The number of guanidine groups is 1. The fourth-order valence-electron chi connectivity index (χ4n) is 3.32. The Morgan fingerprint density at radius 1 is 1.35 bits per heavy atom. The number of nitrogens with zero attached hydrogens (tertiary/aromatic N) is 6. The lowest BCUT2D eigenvalue weighted by molar-refractivity contribution is -0.527. The maximum Gasteiger partial charge on any atom is 0.417 e. The molecule has 8 nitrogen and oxygen atoms in total.